The predicted octanol–water partition coefficient (Wildman–Crippen LogP) is -0.550. The molecule has 0 spiro atoms. The van der Waals surface area contributed by atoms with Crippen LogP contribution in [0.3, 0.4) is 0 Å². The van der Waals surface area contributed by atoms with Crippen molar-refractivity contribution in [2.75, 3.05) is 44.7 Å². The second-order valence-electron chi connectivity index (χ2n) is 7.63. The zero-order valence-corrected chi connectivity index (χ0v) is 19.2. The number of amides is 3. The number of nitrogens with one attached hydrogen (secondary N) is 1. The van der Waals surface area contributed by atoms with E-state index in [2.05, 4.69) is 4.72 Å². The Morgan fingerprint density at radius 3 is 2.32 bits per heavy atom. The number of nitrogens with zero attached hydrogens (tertiary/aromatic N) is 3. The summed E-state index contributed by atoms with van der Waals surface area (Å²) in [6, 6.07) is 2.89. The number of piperazine rings is 1. The van der Waals surface area contributed by atoms with E-state index in [0.29, 0.717) is 56.8 Å². The Morgan fingerprint density at radius 1 is 1.13 bits per heavy atom. The lowest BCUT2D eigenvalue weighted by Crippen LogP contribution is -2.58. The number of carbonyl (C=O) groups is 3. The van der Waals surface area contributed by atoms with Crippen molar-refractivity contribution in [2.45, 2.75) is 30.7 Å². The van der Waals surface area contributed by atoms with E-state index in [-0.39, 0.29) is 23.2 Å². The van der Waals surface area contributed by atoms with Crippen LogP contribution in [-0.2, 0) is 24.4 Å². The van der Waals surface area contributed by atoms with E-state index in [0.717, 1.165) is 0 Å². The van der Waals surface area contributed by atoms with Crippen molar-refractivity contribution in [3.63, 3.8) is 0 Å². The molecule has 172 valence electrons. The number of rotatable bonds is 6. The number of nitrogens with two attached hydrogens (primary N) is 1. The van der Waals surface area contributed by atoms with Crippen LogP contribution in [0.25, 0.3) is 0 Å². The summed E-state index contributed by atoms with van der Waals surface area (Å²) < 4.78 is 28.3. The monoisotopic (exact) mass is 473 g/mol. The Kier molecular flexibility index (Phi) is 8.04. The number of anilines is 1. The molecule has 2 aliphatic rings. The van der Waals surface area contributed by atoms with Gasteiger partial charge in [-0.15, -0.1) is 12.4 Å². The molecule has 12 heteroatoms. The van der Waals surface area contributed by atoms with Crippen LogP contribution >= 0.6 is 12.4 Å². The Labute approximate surface area is 188 Å². The van der Waals surface area contributed by atoms with Crippen LogP contribution in [-0.4, -0.2) is 81.8 Å². The van der Waals surface area contributed by atoms with Gasteiger partial charge in [0.05, 0.1) is 4.90 Å². The highest BCUT2D eigenvalue weighted by Crippen LogP contribution is 2.29. The molecule has 2 heterocycles. The SMILES string of the molecule is Cc1c(N2CCCC2=O)cccc1S(=O)(=O)N[C@@H](C(N)=O)C(=O)N1CCN(C)CC1.Cl. The molecule has 3 amide bonds. The lowest BCUT2D eigenvalue weighted by atomic mass is 10.2. The molecule has 0 bridgehead atoms. The molecule has 3 N–H and O–H groups in total. The lowest BCUT2D eigenvalue weighted by Gasteiger charge is -2.34. The number of carbonyl (C=O) groups excluding carboxylic acids is 3. The molecule has 0 aliphatic carbocycles. The number of benzene rings is 1. The van der Waals surface area contributed by atoms with Gasteiger partial charge in [0.25, 0.3) is 5.91 Å². The Hall–Kier alpha value is -2.21. The van der Waals surface area contributed by atoms with Crippen molar-refractivity contribution in [1.29, 1.82) is 0 Å². The van der Waals surface area contributed by atoms with Crippen LogP contribution < -0.4 is 15.4 Å². The minimum Gasteiger partial charge on any atom is -0.368 e. The summed E-state index contributed by atoms with van der Waals surface area (Å²) in [5.74, 6) is -1.80. The molecule has 31 heavy (non-hydrogen) atoms. The second-order valence-corrected chi connectivity index (χ2v) is 9.32. The standard InChI is InChI=1S/C19H27N5O5S.ClH/c1-13-14(24-8-4-7-16(24)25)5-3-6-15(13)30(28,29)21-17(18(20)26)19(27)23-11-9-22(2)10-12-23;/h3,5-6,17,21H,4,7-12H2,1-2H3,(H2,20,26);1H/t17-;/m0./s1. The fourth-order valence-electron chi connectivity index (χ4n) is 3.75. The van der Waals surface area contributed by atoms with Gasteiger partial charge in [-0.3, -0.25) is 14.4 Å². The van der Waals surface area contributed by atoms with E-state index in [1.54, 1.807) is 17.9 Å². The smallest absolute Gasteiger partial charge is 0.250 e. The third-order valence-electron chi connectivity index (χ3n) is 5.53. The molecule has 10 nitrogen and oxygen atoms in total. The molecule has 2 saturated heterocycles. The minimum absolute atomic E-state index is 0. The average Bonchev–Trinajstić information content (AvgIpc) is 3.12. The van der Waals surface area contributed by atoms with Gasteiger partial charge in [0, 0.05) is 44.8 Å². The predicted molar refractivity (Wildman–Crippen MR) is 117 cm³/mol. The number of likely N-dealkylation sites (N-methyl/N-ethyl adjacent to an activating group) is 1. The lowest BCUT2D eigenvalue weighted by molar-refractivity contribution is -0.138. The minimum atomic E-state index is -4.25. The van der Waals surface area contributed by atoms with Crippen molar-refractivity contribution in [3.05, 3.63) is 23.8 Å². The van der Waals surface area contributed by atoms with E-state index in [1.807, 2.05) is 11.9 Å². The molecular formula is C19H28ClN5O5S. The molecule has 2 aliphatic heterocycles. The molecule has 1 aromatic rings. The van der Waals surface area contributed by atoms with E-state index < -0.39 is 27.9 Å². The van der Waals surface area contributed by atoms with Gasteiger partial charge in [0.2, 0.25) is 21.8 Å². The zero-order chi connectivity index (χ0) is 22.1. The highest BCUT2D eigenvalue weighted by atomic mass is 35.5. The highest BCUT2D eigenvalue weighted by molar-refractivity contribution is 7.89. The summed E-state index contributed by atoms with van der Waals surface area (Å²) in [6.07, 6.45) is 1.12. The Balaban J connectivity index is 0.00000341. The van der Waals surface area contributed by atoms with Gasteiger partial charge in [-0.1, -0.05) is 6.07 Å². The highest BCUT2D eigenvalue weighted by Gasteiger charge is 2.35. The zero-order valence-electron chi connectivity index (χ0n) is 17.5. The first-order chi connectivity index (χ1) is 14.1. The fourth-order valence-corrected chi connectivity index (χ4v) is 5.17. The third-order valence-corrected chi connectivity index (χ3v) is 7.10. The van der Waals surface area contributed by atoms with Crippen molar-refractivity contribution < 1.29 is 22.8 Å². The molecule has 2 fully saturated rings. The van der Waals surface area contributed by atoms with E-state index in [4.69, 9.17) is 5.73 Å². The van der Waals surface area contributed by atoms with Gasteiger partial charge in [-0.2, -0.15) is 4.72 Å². The summed E-state index contributed by atoms with van der Waals surface area (Å²) in [6.45, 7) is 4.11. The molecule has 1 atom stereocenters. The molecule has 0 aromatic heterocycles. The molecule has 3 rings (SSSR count). The summed E-state index contributed by atoms with van der Waals surface area (Å²) in [5.41, 5.74) is 6.24. The number of primary amides is 1. The van der Waals surface area contributed by atoms with Crippen molar-refractivity contribution >= 4 is 45.8 Å². The molecule has 0 radical (unpaired) electrons. The third kappa shape index (κ3) is 5.35. The molecule has 0 unspecified atom stereocenters. The summed E-state index contributed by atoms with van der Waals surface area (Å²) in [4.78, 5) is 41.7. The van der Waals surface area contributed by atoms with Gasteiger partial charge < -0.3 is 20.4 Å². The van der Waals surface area contributed by atoms with Crippen LogP contribution in [0.4, 0.5) is 5.69 Å². The number of hydrogen-bond acceptors (Lipinski definition) is 6. The first-order valence-corrected chi connectivity index (χ1v) is 11.3. The van der Waals surface area contributed by atoms with Gasteiger partial charge in [0.1, 0.15) is 0 Å². The fraction of sp³-hybridized carbons (Fsp3) is 0.526. The number of sulfonamides is 1. The Bertz CT molecular complexity index is 962. The largest absolute Gasteiger partial charge is 0.368 e. The first kappa shape index (κ1) is 25.1. The van der Waals surface area contributed by atoms with Crippen LogP contribution in [0.2, 0.25) is 0 Å². The van der Waals surface area contributed by atoms with Gasteiger partial charge in [0.15, 0.2) is 6.04 Å². The normalized spacial score (nSPS) is 18.6. The van der Waals surface area contributed by atoms with E-state index in [1.165, 1.54) is 17.0 Å². The summed E-state index contributed by atoms with van der Waals surface area (Å²) in [7, 11) is -2.33. The van der Waals surface area contributed by atoms with E-state index in [9.17, 15) is 22.8 Å². The van der Waals surface area contributed by atoms with E-state index >= 15 is 0 Å². The van der Waals surface area contributed by atoms with Crippen LogP contribution in [0.15, 0.2) is 23.1 Å². The number of hydrogen-bond donors (Lipinski definition) is 2. The maximum absolute atomic E-state index is 13.1. The summed E-state index contributed by atoms with van der Waals surface area (Å²) >= 11 is 0. The molecular weight excluding hydrogens is 446 g/mol. The van der Waals surface area contributed by atoms with Crippen molar-refractivity contribution in [2.24, 2.45) is 5.73 Å². The van der Waals surface area contributed by atoms with Gasteiger partial charge in [-0.05, 0) is 38.1 Å². The Morgan fingerprint density at radius 2 is 1.77 bits per heavy atom. The maximum Gasteiger partial charge on any atom is 0.250 e. The number of halogens is 1. The van der Waals surface area contributed by atoms with Crippen LogP contribution in [0.1, 0.15) is 18.4 Å². The molecule has 0 saturated carbocycles. The summed E-state index contributed by atoms with van der Waals surface area (Å²) in [5, 5.41) is 0. The molecule has 1 aromatic carbocycles. The van der Waals surface area contributed by atoms with Crippen molar-refractivity contribution in [1.82, 2.24) is 14.5 Å². The second kappa shape index (κ2) is 9.94. The van der Waals surface area contributed by atoms with Gasteiger partial charge >= 0.3 is 0 Å². The topological polar surface area (TPSA) is 133 Å². The van der Waals surface area contributed by atoms with Crippen molar-refractivity contribution in [3.8, 4) is 0 Å². The van der Waals surface area contributed by atoms with Crippen LogP contribution in [0.5, 0.6) is 0 Å². The van der Waals surface area contributed by atoms with Gasteiger partial charge in [-0.25, -0.2) is 8.42 Å². The van der Waals surface area contributed by atoms with Crippen LogP contribution in [0, 0.1) is 6.92 Å². The first-order valence-electron chi connectivity index (χ1n) is 9.81. The maximum atomic E-state index is 13.1. The average molecular weight is 474 g/mol. The quantitative estimate of drug-likeness (QED) is 0.532.